The van der Waals surface area contributed by atoms with Gasteiger partial charge in [-0.15, -0.1) is 0 Å². The first-order valence-corrected chi connectivity index (χ1v) is 7.15. The number of nitrogens with one attached hydrogen (secondary N) is 1. The summed E-state index contributed by atoms with van der Waals surface area (Å²) in [6.45, 7) is 4.56. The first-order chi connectivity index (χ1) is 9.20. The molecule has 1 aliphatic heterocycles. The number of carbonyl (C=O) groups excluding carboxylic acids is 1. The largest absolute Gasteiger partial charge is 0.361 e. The number of likely N-dealkylation sites (tertiary alicyclic amines) is 1. The molecule has 1 aromatic heterocycles. The Kier molecular flexibility index (Phi) is 3.55. The van der Waals surface area contributed by atoms with Crippen molar-refractivity contribution >= 4 is 5.91 Å². The molecule has 2 aliphatic rings. The number of hydrogen-bond acceptors (Lipinski definition) is 4. The van der Waals surface area contributed by atoms with E-state index in [1.165, 1.54) is 0 Å². The molecule has 1 amide bonds. The van der Waals surface area contributed by atoms with E-state index in [-0.39, 0.29) is 11.8 Å². The van der Waals surface area contributed by atoms with Crippen molar-refractivity contribution in [1.82, 2.24) is 15.4 Å². The van der Waals surface area contributed by atoms with E-state index in [4.69, 9.17) is 4.52 Å². The first-order valence-electron chi connectivity index (χ1n) is 7.15. The summed E-state index contributed by atoms with van der Waals surface area (Å²) in [5, 5.41) is 7.13. The summed E-state index contributed by atoms with van der Waals surface area (Å²) in [7, 11) is 0. The highest BCUT2D eigenvalue weighted by Gasteiger charge is 2.30. The summed E-state index contributed by atoms with van der Waals surface area (Å²) >= 11 is 0. The molecule has 0 spiro atoms. The van der Waals surface area contributed by atoms with Crippen LogP contribution in [0.5, 0.6) is 0 Å². The van der Waals surface area contributed by atoms with Crippen LogP contribution < -0.4 is 5.32 Å². The Bertz CT molecular complexity index is 453. The number of aromatic nitrogens is 1. The SMILES string of the molecule is Cc1cc(CN2CCCC(C(=O)NC3CC3)C2)no1. The van der Waals surface area contributed by atoms with Crippen molar-refractivity contribution in [1.29, 1.82) is 0 Å². The molecule has 2 fully saturated rings. The number of piperidine rings is 1. The van der Waals surface area contributed by atoms with Crippen LogP contribution in [0.15, 0.2) is 10.6 Å². The third-order valence-electron chi connectivity index (χ3n) is 3.86. The molecule has 1 saturated heterocycles. The van der Waals surface area contributed by atoms with Crippen LogP contribution in [0.2, 0.25) is 0 Å². The highest BCUT2D eigenvalue weighted by molar-refractivity contribution is 5.79. The minimum Gasteiger partial charge on any atom is -0.361 e. The maximum absolute atomic E-state index is 12.1. The average Bonchev–Trinajstić information content (AvgIpc) is 3.12. The van der Waals surface area contributed by atoms with Gasteiger partial charge in [-0.25, -0.2) is 0 Å². The Morgan fingerprint density at radius 2 is 2.37 bits per heavy atom. The molecule has 1 N–H and O–H groups in total. The van der Waals surface area contributed by atoms with E-state index in [0.717, 1.165) is 56.8 Å². The summed E-state index contributed by atoms with van der Waals surface area (Å²) in [6, 6.07) is 2.43. The van der Waals surface area contributed by atoms with Crippen LogP contribution in [0.1, 0.15) is 37.1 Å². The average molecular weight is 263 g/mol. The van der Waals surface area contributed by atoms with Crippen LogP contribution in [0.4, 0.5) is 0 Å². The zero-order chi connectivity index (χ0) is 13.2. The van der Waals surface area contributed by atoms with E-state index < -0.39 is 0 Å². The van der Waals surface area contributed by atoms with E-state index in [1.54, 1.807) is 0 Å². The lowest BCUT2D eigenvalue weighted by molar-refractivity contribution is -0.126. The van der Waals surface area contributed by atoms with Gasteiger partial charge in [0.15, 0.2) is 0 Å². The molecule has 0 radical (unpaired) electrons. The number of rotatable bonds is 4. The second-order valence-electron chi connectivity index (χ2n) is 5.79. The van der Waals surface area contributed by atoms with Crippen LogP contribution in [0.25, 0.3) is 0 Å². The molecule has 5 heteroatoms. The summed E-state index contributed by atoms with van der Waals surface area (Å²) in [5.41, 5.74) is 0.959. The lowest BCUT2D eigenvalue weighted by Crippen LogP contribution is -2.43. The van der Waals surface area contributed by atoms with E-state index >= 15 is 0 Å². The first kappa shape index (κ1) is 12.7. The standard InChI is InChI=1S/C14H21N3O2/c1-10-7-13(16-19-10)9-17-6-2-3-11(8-17)14(18)15-12-4-5-12/h7,11-12H,2-6,8-9H2,1H3,(H,15,18). The van der Waals surface area contributed by atoms with Crippen molar-refractivity contribution in [2.45, 2.75) is 45.2 Å². The van der Waals surface area contributed by atoms with Gasteiger partial charge in [0.2, 0.25) is 5.91 Å². The molecule has 1 saturated carbocycles. The number of nitrogens with zero attached hydrogens (tertiary/aromatic N) is 2. The van der Waals surface area contributed by atoms with E-state index in [1.807, 2.05) is 13.0 Å². The van der Waals surface area contributed by atoms with Crippen LogP contribution in [0, 0.1) is 12.8 Å². The van der Waals surface area contributed by atoms with Gasteiger partial charge in [0.1, 0.15) is 5.76 Å². The van der Waals surface area contributed by atoms with Crippen LogP contribution in [-0.4, -0.2) is 35.1 Å². The highest BCUT2D eigenvalue weighted by atomic mass is 16.5. The molecule has 5 nitrogen and oxygen atoms in total. The second-order valence-corrected chi connectivity index (χ2v) is 5.79. The molecule has 1 aromatic rings. The van der Waals surface area contributed by atoms with Crippen molar-refractivity contribution in [3.8, 4) is 0 Å². The summed E-state index contributed by atoms with van der Waals surface area (Å²) in [6.07, 6.45) is 4.40. The van der Waals surface area contributed by atoms with E-state index in [0.29, 0.717) is 6.04 Å². The maximum atomic E-state index is 12.1. The normalized spacial score (nSPS) is 24.4. The van der Waals surface area contributed by atoms with Gasteiger partial charge in [-0.1, -0.05) is 5.16 Å². The lowest BCUT2D eigenvalue weighted by Gasteiger charge is -2.31. The number of aryl methyl sites for hydroxylation is 1. The molecule has 1 aliphatic carbocycles. The maximum Gasteiger partial charge on any atom is 0.224 e. The summed E-state index contributed by atoms with van der Waals surface area (Å²) in [4.78, 5) is 14.4. The molecular weight excluding hydrogens is 242 g/mol. The van der Waals surface area contributed by atoms with Gasteiger partial charge in [-0.05, 0) is 39.2 Å². The van der Waals surface area contributed by atoms with Crippen molar-refractivity contribution in [2.75, 3.05) is 13.1 Å². The Balaban J connectivity index is 1.53. The third kappa shape index (κ3) is 3.35. The third-order valence-corrected chi connectivity index (χ3v) is 3.86. The Hall–Kier alpha value is -1.36. The van der Waals surface area contributed by atoms with Crippen LogP contribution >= 0.6 is 0 Å². The molecule has 1 unspecified atom stereocenters. The van der Waals surface area contributed by atoms with E-state index in [9.17, 15) is 4.79 Å². The van der Waals surface area contributed by atoms with Crippen LogP contribution in [-0.2, 0) is 11.3 Å². The van der Waals surface area contributed by atoms with E-state index in [2.05, 4.69) is 15.4 Å². The monoisotopic (exact) mass is 263 g/mol. The molecule has 104 valence electrons. The van der Waals surface area contributed by atoms with Gasteiger partial charge >= 0.3 is 0 Å². The zero-order valence-corrected chi connectivity index (χ0v) is 11.4. The van der Waals surface area contributed by atoms with Gasteiger partial charge in [0, 0.05) is 25.2 Å². The Morgan fingerprint density at radius 3 is 3.05 bits per heavy atom. The Morgan fingerprint density at radius 1 is 1.53 bits per heavy atom. The van der Waals surface area contributed by atoms with Gasteiger partial charge in [-0.3, -0.25) is 9.69 Å². The molecule has 0 aromatic carbocycles. The fraction of sp³-hybridized carbons (Fsp3) is 0.714. The number of carbonyl (C=O) groups is 1. The topological polar surface area (TPSA) is 58.4 Å². The smallest absolute Gasteiger partial charge is 0.224 e. The fourth-order valence-corrected chi connectivity index (χ4v) is 2.68. The van der Waals surface area contributed by atoms with Gasteiger partial charge in [-0.2, -0.15) is 0 Å². The van der Waals surface area contributed by atoms with Crippen LogP contribution in [0.3, 0.4) is 0 Å². The minimum atomic E-state index is 0.141. The molecule has 1 atom stereocenters. The number of hydrogen-bond donors (Lipinski definition) is 1. The molecule has 0 bridgehead atoms. The van der Waals surface area contributed by atoms with Gasteiger partial charge < -0.3 is 9.84 Å². The fourth-order valence-electron chi connectivity index (χ4n) is 2.68. The molecule has 3 rings (SSSR count). The van der Waals surface area contributed by atoms with Gasteiger partial charge in [0.25, 0.3) is 0 Å². The lowest BCUT2D eigenvalue weighted by atomic mass is 9.97. The predicted octanol–water partition coefficient (Wildman–Crippen LogP) is 1.47. The summed E-state index contributed by atoms with van der Waals surface area (Å²) in [5.74, 6) is 1.22. The molecule has 2 heterocycles. The molecular formula is C14H21N3O2. The molecule has 19 heavy (non-hydrogen) atoms. The van der Waals surface area contributed by atoms with Crippen molar-refractivity contribution in [2.24, 2.45) is 5.92 Å². The quantitative estimate of drug-likeness (QED) is 0.893. The number of amides is 1. The minimum absolute atomic E-state index is 0.141. The Labute approximate surface area is 113 Å². The highest BCUT2D eigenvalue weighted by Crippen LogP contribution is 2.22. The van der Waals surface area contributed by atoms with Crippen molar-refractivity contribution < 1.29 is 9.32 Å². The second kappa shape index (κ2) is 5.33. The van der Waals surface area contributed by atoms with Crippen molar-refractivity contribution in [3.63, 3.8) is 0 Å². The zero-order valence-electron chi connectivity index (χ0n) is 11.4. The summed E-state index contributed by atoms with van der Waals surface area (Å²) < 4.78 is 5.09. The van der Waals surface area contributed by atoms with Gasteiger partial charge in [0.05, 0.1) is 11.6 Å². The van der Waals surface area contributed by atoms with Crippen molar-refractivity contribution in [3.05, 3.63) is 17.5 Å². The predicted molar refractivity (Wildman–Crippen MR) is 70.4 cm³/mol.